The van der Waals surface area contributed by atoms with Crippen molar-refractivity contribution in [1.29, 1.82) is 0 Å². The Balaban J connectivity index is 2.16. The highest BCUT2D eigenvalue weighted by Gasteiger charge is 2.22. The number of rotatable bonds is 7. The second-order valence-electron chi connectivity index (χ2n) is 5.84. The van der Waals surface area contributed by atoms with Crippen molar-refractivity contribution in [1.82, 2.24) is 15.5 Å². The van der Waals surface area contributed by atoms with Crippen LogP contribution in [0.4, 0.5) is 0 Å². The summed E-state index contributed by atoms with van der Waals surface area (Å²) < 4.78 is 0. The highest BCUT2D eigenvalue weighted by Crippen LogP contribution is 2.14. The third-order valence-electron chi connectivity index (χ3n) is 3.85. The fourth-order valence-electron chi connectivity index (χ4n) is 2.28. The second kappa shape index (κ2) is 8.21. The van der Waals surface area contributed by atoms with Crippen molar-refractivity contribution >= 4 is 11.8 Å². The maximum Gasteiger partial charge on any atom is 0.239 e. The number of amides is 2. The van der Waals surface area contributed by atoms with Gasteiger partial charge in [0.25, 0.3) is 0 Å². The summed E-state index contributed by atoms with van der Waals surface area (Å²) >= 11 is 0. The molecule has 2 amide bonds. The molecule has 1 rings (SSSR count). The number of nitrogens with one attached hydrogen (secondary N) is 2. The highest BCUT2D eigenvalue weighted by atomic mass is 16.2. The average molecular weight is 284 g/mol. The monoisotopic (exact) mass is 284 g/mol. The predicted molar refractivity (Wildman–Crippen MR) is 79.1 cm³/mol. The van der Waals surface area contributed by atoms with E-state index in [4.69, 9.17) is 5.73 Å². The molecule has 0 bridgehead atoms. The molecule has 1 aliphatic heterocycles. The van der Waals surface area contributed by atoms with Crippen LogP contribution < -0.4 is 16.4 Å². The molecule has 0 aromatic heterocycles. The molecule has 116 valence electrons. The molecule has 0 aromatic rings. The third kappa shape index (κ3) is 5.46. The van der Waals surface area contributed by atoms with Crippen molar-refractivity contribution in [2.75, 3.05) is 32.7 Å². The Hall–Kier alpha value is -1.14. The van der Waals surface area contributed by atoms with E-state index in [0.717, 1.165) is 26.1 Å². The third-order valence-corrected chi connectivity index (χ3v) is 3.85. The SMILES string of the molecule is CCN1CCC(CNC(=O)CNC(=O)[C@@H](N)C(C)C)C1. The molecule has 0 radical (unpaired) electrons. The zero-order chi connectivity index (χ0) is 15.1. The van der Waals surface area contributed by atoms with Crippen molar-refractivity contribution in [2.24, 2.45) is 17.6 Å². The van der Waals surface area contributed by atoms with Crippen LogP contribution in [0.15, 0.2) is 0 Å². The van der Waals surface area contributed by atoms with Gasteiger partial charge in [-0.15, -0.1) is 0 Å². The molecule has 1 fully saturated rings. The zero-order valence-electron chi connectivity index (χ0n) is 12.8. The first kappa shape index (κ1) is 16.9. The van der Waals surface area contributed by atoms with Gasteiger partial charge in [-0.1, -0.05) is 20.8 Å². The topological polar surface area (TPSA) is 87.5 Å². The largest absolute Gasteiger partial charge is 0.354 e. The fraction of sp³-hybridized carbons (Fsp3) is 0.857. The Kier molecular flexibility index (Phi) is 6.95. The van der Waals surface area contributed by atoms with Gasteiger partial charge in [-0.25, -0.2) is 0 Å². The summed E-state index contributed by atoms with van der Waals surface area (Å²) in [4.78, 5) is 25.7. The summed E-state index contributed by atoms with van der Waals surface area (Å²) in [7, 11) is 0. The van der Waals surface area contributed by atoms with Crippen LogP contribution in [0.25, 0.3) is 0 Å². The van der Waals surface area contributed by atoms with Gasteiger partial charge in [-0.05, 0) is 31.3 Å². The van der Waals surface area contributed by atoms with E-state index in [-0.39, 0.29) is 24.3 Å². The van der Waals surface area contributed by atoms with E-state index in [9.17, 15) is 9.59 Å². The Labute approximate surface area is 121 Å². The quantitative estimate of drug-likeness (QED) is 0.590. The molecular weight excluding hydrogens is 256 g/mol. The molecule has 2 atom stereocenters. The summed E-state index contributed by atoms with van der Waals surface area (Å²) in [6.45, 7) is 9.80. The Bertz CT molecular complexity index is 333. The van der Waals surface area contributed by atoms with Gasteiger partial charge in [0.2, 0.25) is 11.8 Å². The average Bonchev–Trinajstić information content (AvgIpc) is 2.89. The first-order valence-corrected chi connectivity index (χ1v) is 7.46. The number of hydrogen-bond donors (Lipinski definition) is 3. The normalized spacial score (nSPS) is 20.9. The predicted octanol–water partition coefficient (Wildman–Crippen LogP) is -0.456. The molecule has 0 aromatic carbocycles. The minimum absolute atomic E-state index is 0.00344. The molecule has 4 N–H and O–H groups in total. The van der Waals surface area contributed by atoms with Crippen molar-refractivity contribution in [2.45, 2.75) is 33.2 Å². The number of likely N-dealkylation sites (tertiary alicyclic amines) is 1. The van der Waals surface area contributed by atoms with E-state index in [1.807, 2.05) is 13.8 Å². The highest BCUT2D eigenvalue weighted by molar-refractivity contribution is 5.87. The van der Waals surface area contributed by atoms with Gasteiger partial charge in [0, 0.05) is 13.1 Å². The summed E-state index contributed by atoms with van der Waals surface area (Å²) in [5, 5.41) is 5.44. The maximum absolute atomic E-state index is 11.7. The molecular formula is C14H28N4O2. The molecule has 6 nitrogen and oxygen atoms in total. The van der Waals surface area contributed by atoms with E-state index < -0.39 is 6.04 Å². The van der Waals surface area contributed by atoms with E-state index in [1.165, 1.54) is 0 Å². The first-order chi connectivity index (χ1) is 9.43. The van der Waals surface area contributed by atoms with E-state index in [1.54, 1.807) is 0 Å². The molecule has 1 aliphatic rings. The van der Waals surface area contributed by atoms with Crippen LogP contribution >= 0.6 is 0 Å². The van der Waals surface area contributed by atoms with Crippen LogP contribution in [-0.2, 0) is 9.59 Å². The molecule has 20 heavy (non-hydrogen) atoms. The van der Waals surface area contributed by atoms with Crippen LogP contribution in [0, 0.1) is 11.8 Å². The van der Waals surface area contributed by atoms with E-state index in [0.29, 0.717) is 12.5 Å². The van der Waals surface area contributed by atoms with Crippen LogP contribution in [0.5, 0.6) is 0 Å². The van der Waals surface area contributed by atoms with Crippen LogP contribution in [0.1, 0.15) is 27.2 Å². The minimum atomic E-state index is -0.559. The minimum Gasteiger partial charge on any atom is -0.354 e. The van der Waals surface area contributed by atoms with Gasteiger partial charge >= 0.3 is 0 Å². The van der Waals surface area contributed by atoms with Crippen molar-refractivity contribution in [3.8, 4) is 0 Å². The zero-order valence-corrected chi connectivity index (χ0v) is 12.8. The first-order valence-electron chi connectivity index (χ1n) is 7.46. The van der Waals surface area contributed by atoms with Gasteiger partial charge in [0.1, 0.15) is 0 Å². The second-order valence-corrected chi connectivity index (χ2v) is 5.84. The number of nitrogens with two attached hydrogens (primary N) is 1. The van der Waals surface area contributed by atoms with E-state index >= 15 is 0 Å². The van der Waals surface area contributed by atoms with Crippen molar-refractivity contribution < 1.29 is 9.59 Å². The standard InChI is InChI=1S/C14H28N4O2/c1-4-18-6-5-11(9-18)7-16-12(19)8-17-14(20)13(15)10(2)3/h10-11,13H,4-9,15H2,1-3H3,(H,16,19)(H,17,20)/t11?,13-/m0/s1. The Morgan fingerprint density at radius 3 is 2.60 bits per heavy atom. The fourth-order valence-corrected chi connectivity index (χ4v) is 2.28. The maximum atomic E-state index is 11.7. The molecule has 6 heteroatoms. The van der Waals surface area contributed by atoms with Crippen LogP contribution in [-0.4, -0.2) is 55.5 Å². The molecule has 1 unspecified atom stereocenters. The molecule has 1 saturated heterocycles. The number of carbonyl (C=O) groups excluding carboxylic acids is 2. The smallest absolute Gasteiger partial charge is 0.239 e. The van der Waals surface area contributed by atoms with Gasteiger partial charge < -0.3 is 21.3 Å². The summed E-state index contributed by atoms with van der Waals surface area (Å²) in [6, 6.07) is -0.559. The molecule has 0 saturated carbocycles. The van der Waals surface area contributed by atoms with E-state index in [2.05, 4.69) is 22.5 Å². The Morgan fingerprint density at radius 2 is 2.05 bits per heavy atom. The summed E-state index contributed by atoms with van der Waals surface area (Å²) in [5.41, 5.74) is 5.70. The van der Waals surface area contributed by atoms with Gasteiger partial charge in [0.15, 0.2) is 0 Å². The van der Waals surface area contributed by atoms with Crippen LogP contribution in [0.3, 0.4) is 0 Å². The van der Waals surface area contributed by atoms with Gasteiger partial charge in [-0.3, -0.25) is 9.59 Å². The summed E-state index contributed by atoms with van der Waals surface area (Å²) in [6.07, 6.45) is 1.12. The van der Waals surface area contributed by atoms with Crippen molar-refractivity contribution in [3.63, 3.8) is 0 Å². The molecule has 0 aliphatic carbocycles. The molecule has 1 heterocycles. The number of hydrogen-bond acceptors (Lipinski definition) is 4. The number of nitrogens with zero attached hydrogens (tertiary/aromatic N) is 1. The van der Waals surface area contributed by atoms with Crippen LogP contribution in [0.2, 0.25) is 0 Å². The van der Waals surface area contributed by atoms with Crippen molar-refractivity contribution in [3.05, 3.63) is 0 Å². The Morgan fingerprint density at radius 1 is 1.35 bits per heavy atom. The lowest BCUT2D eigenvalue weighted by molar-refractivity contribution is -0.127. The lowest BCUT2D eigenvalue weighted by Crippen LogP contribution is -2.47. The van der Waals surface area contributed by atoms with Gasteiger partial charge in [0.05, 0.1) is 12.6 Å². The summed E-state index contributed by atoms with van der Waals surface area (Å²) in [5.74, 6) is 0.168. The lowest BCUT2D eigenvalue weighted by Gasteiger charge is -2.16. The van der Waals surface area contributed by atoms with Gasteiger partial charge in [-0.2, -0.15) is 0 Å². The lowest BCUT2D eigenvalue weighted by atomic mass is 10.1. The number of carbonyl (C=O) groups is 2. The molecule has 0 spiro atoms.